The average Bonchev–Trinajstić information content (AvgIpc) is 3.59. The molecule has 7 aliphatic rings. The number of fused-ring (bicyclic) bond motifs is 2. The summed E-state index contributed by atoms with van der Waals surface area (Å²) in [7, 11) is 0. The molecule has 5 saturated heterocycles. The number of nitrogens with zero attached hydrogens (tertiary/aromatic N) is 1. The second-order valence-corrected chi connectivity index (χ2v) is 19.3. The first-order chi connectivity index (χ1) is 21.8. The number of piperidine rings is 2. The van der Waals surface area contributed by atoms with E-state index in [-0.39, 0.29) is 0 Å². The number of rotatable bonds is 0. The lowest BCUT2D eigenvalue weighted by Gasteiger charge is -2.38. The highest BCUT2D eigenvalue weighted by atomic mass is 16.5. The van der Waals surface area contributed by atoms with E-state index in [2.05, 4.69) is 106 Å². The monoisotopic (exact) mass is 666 g/mol. The van der Waals surface area contributed by atoms with Gasteiger partial charge in [-0.25, -0.2) is 0 Å². The van der Waals surface area contributed by atoms with E-state index in [4.69, 9.17) is 14.2 Å². The third-order valence-electron chi connectivity index (χ3n) is 11.9. The minimum atomic E-state index is 0.323. The fourth-order valence-corrected chi connectivity index (χ4v) is 7.96. The molecule has 5 heterocycles. The summed E-state index contributed by atoms with van der Waals surface area (Å²) in [6.07, 6.45) is 2.51. The fourth-order valence-electron chi connectivity index (χ4n) is 7.96. The normalized spacial score (nSPS) is 32.0. The summed E-state index contributed by atoms with van der Waals surface area (Å²) in [4.78, 5) is 2.45. The zero-order valence-electron chi connectivity index (χ0n) is 34.2. The molecular weight excluding hydrogens is 582 g/mol. The van der Waals surface area contributed by atoms with E-state index in [0.29, 0.717) is 21.8 Å². The Bertz CT molecular complexity index is 771. The van der Waals surface area contributed by atoms with E-state index in [1.165, 1.54) is 39.0 Å². The predicted molar refractivity (Wildman–Crippen MR) is 202 cm³/mol. The molecule has 2 aliphatic carbocycles. The Morgan fingerprint density at radius 3 is 1.13 bits per heavy atom. The number of ether oxygens (including phenoxy) is 3. The van der Waals surface area contributed by atoms with E-state index < -0.39 is 0 Å². The van der Waals surface area contributed by atoms with Gasteiger partial charge in [0.25, 0.3) is 0 Å². The molecule has 2 saturated carbocycles. The van der Waals surface area contributed by atoms with Crippen LogP contribution in [0, 0.1) is 63.6 Å². The van der Waals surface area contributed by atoms with Crippen molar-refractivity contribution in [1.29, 1.82) is 0 Å². The van der Waals surface area contributed by atoms with E-state index in [1.807, 2.05) is 13.8 Å². The molecule has 3 unspecified atom stereocenters. The largest absolute Gasteiger partial charge is 0.381 e. The van der Waals surface area contributed by atoms with Gasteiger partial charge in [0, 0.05) is 37.8 Å². The van der Waals surface area contributed by atoms with Gasteiger partial charge in [0.1, 0.15) is 0 Å². The molecule has 7 fully saturated rings. The van der Waals surface area contributed by atoms with Crippen LogP contribution in [0.4, 0.5) is 0 Å². The Morgan fingerprint density at radius 2 is 0.915 bits per heavy atom. The molecule has 0 bridgehead atoms. The van der Waals surface area contributed by atoms with Gasteiger partial charge in [0.15, 0.2) is 0 Å². The third-order valence-corrected chi connectivity index (χ3v) is 11.9. The zero-order chi connectivity index (χ0) is 35.6. The maximum Gasteiger partial charge on any atom is 0.0594 e. The molecule has 0 spiro atoms. The third kappa shape index (κ3) is 14.5. The van der Waals surface area contributed by atoms with Gasteiger partial charge in [-0.3, -0.25) is 4.90 Å². The summed E-state index contributed by atoms with van der Waals surface area (Å²) < 4.78 is 15.6. The first-order valence-electron chi connectivity index (χ1n) is 19.7. The van der Waals surface area contributed by atoms with Crippen molar-refractivity contribution >= 4 is 0 Å². The quantitative estimate of drug-likeness (QED) is 0.272. The maximum atomic E-state index is 5.29. The van der Waals surface area contributed by atoms with Crippen molar-refractivity contribution in [2.24, 2.45) is 63.6 Å². The van der Waals surface area contributed by atoms with Crippen molar-refractivity contribution in [3.8, 4) is 0 Å². The van der Waals surface area contributed by atoms with Crippen molar-refractivity contribution in [3.63, 3.8) is 0 Å². The van der Waals surface area contributed by atoms with E-state index >= 15 is 0 Å². The maximum absolute atomic E-state index is 5.29. The topological polar surface area (TPSA) is 55.0 Å². The van der Waals surface area contributed by atoms with Crippen LogP contribution in [0.15, 0.2) is 0 Å². The summed E-state index contributed by atoms with van der Waals surface area (Å²) >= 11 is 0. The first kappa shape index (κ1) is 42.9. The molecule has 5 aliphatic heterocycles. The van der Waals surface area contributed by atoms with Crippen LogP contribution >= 0.6 is 0 Å². The Labute approximate surface area is 294 Å². The SMILES string of the molecule is CC.CC(C)(C)C1C2CNCC21.CC(C)(C)C1CCOCC1.CC(C)(C)C1COC1.CC(C)(C)N1CCOCC1.CC1[C@H]2CNC[C@@H]12. The molecule has 47 heavy (non-hydrogen) atoms. The molecule has 0 radical (unpaired) electrons. The van der Waals surface area contributed by atoms with E-state index in [0.717, 1.165) is 100 Å². The zero-order valence-corrected chi connectivity index (χ0v) is 34.2. The minimum Gasteiger partial charge on any atom is -0.381 e. The fraction of sp³-hybridized carbons (Fsp3) is 1.00. The van der Waals surface area contributed by atoms with Crippen molar-refractivity contribution in [3.05, 3.63) is 0 Å². The molecule has 0 aromatic carbocycles. The van der Waals surface area contributed by atoms with Crippen LogP contribution in [-0.2, 0) is 14.2 Å². The highest BCUT2D eigenvalue weighted by Crippen LogP contribution is 2.57. The highest BCUT2D eigenvalue weighted by Gasteiger charge is 2.57. The Hall–Kier alpha value is -0.240. The number of nitrogens with one attached hydrogen (secondary N) is 2. The summed E-state index contributed by atoms with van der Waals surface area (Å²) in [6.45, 7) is 47.0. The smallest absolute Gasteiger partial charge is 0.0594 e. The van der Waals surface area contributed by atoms with Crippen molar-refractivity contribution in [1.82, 2.24) is 15.5 Å². The molecule has 5 atom stereocenters. The van der Waals surface area contributed by atoms with Crippen LogP contribution < -0.4 is 10.6 Å². The minimum absolute atomic E-state index is 0.323. The van der Waals surface area contributed by atoms with Crippen LogP contribution in [-0.4, -0.2) is 89.3 Å². The molecule has 0 aromatic rings. The molecule has 6 nitrogen and oxygen atoms in total. The number of hydrogen-bond acceptors (Lipinski definition) is 6. The summed E-state index contributed by atoms with van der Waals surface area (Å²) in [5, 5.41) is 6.78. The summed E-state index contributed by atoms with van der Waals surface area (Å²) in [6, 6.07) is 0. The van der Waals surface area contributed by atoms with E-state index in [9.17, 15) is 0 Å². The summed E-state index contributed by atoms with van der Waals surface area (Å²) in [5.41, 5.74) is 1.85. The Balaban J connectivity index is 0.000000202. The van der Waals surface area contributed by atoms with Gasteiger partial charge in [0.05, 0.1) is 26.4 Å². The van der Waals surface area contributed by atoms with Crippen LogP contribution in [0.25, 0.3) is 0 Å². The summed E-state index contributed by atoms with van der Waals surface area (Å²) in [5.74, 6) is 7.96. The van der Waals surface area contributed by atoms with Crippen LogP contribution in [0.2, 0.25) is 0 Å². The predicted octanol–water partition coefficient (Wildman–Crippen LogP) is 8.25. The molecule has 7 rings (SSSR count). The van der Waals surface area contributed by atoms with Gasteiger partial charge in [0.2, 0.25) is 0 Å². The van der Waals surface area contributed by atoms with Gasteiger partial charge in [-0.1, -0.05) is 83.1 Å². The average molecular weight is 666 g/mol. The van der Waals surface area contributed by atoms with Gasteiger partial charge in [-0.2, -0.15) is 0 Å². The highest BCUT2D eigenvalue weighted by molar-refractivity contribution is 5.08. The van der Waals surface area contributed by atoms with Gasteiger partial charge >= 0.3 is 0 Å². The molecule has 0 aromatic heterocycles. The molecule has 6 heteroatoms. The Morgan fingerprint density at radius 1 is 0.511 bits per heavy atom. The first-order valence-corrected chi connectivity index (χ1v) is 19.7. The lowest BCUT2D eigenvalue weighted by atomic mass is 9.76. The number of hydrogen-bond donors (Lipinski definition) is 2. The van der Waals surface area contributed by atoms with Crippen molar-refractivity contribution in [2.45, 2.75) is 122 Å². The molecular formula is C41H83N3O3. The van der Waals surface area contributed by atoms with Gasteiger partial charge in [-0.05, 0) is 117 Å². The van der Waals surface area contributed by atoms with Gasteiger partial charge in [-0.15, -0.1) is 0 Å². The molecule has 280 valence electrons. The van der Waals surface area contributed by atoms with Crippen LogP contribution in [0.1, 0.15) is 117 Å². The second-order valence-electron chi connectivity index (χ2n) is 19.3. The van der Waals surface area contributed by atoms with Crippen molar-refractivity contribution in [2.75, 3.05) is 78.9 Å². The molecule has 0 amide bonds. The molecule has 2 N–H and O–H groups in total. The Kier molecular flexibility index (Phi) is 17.2. The van der Waals surface area contributed by atoms with Crippen molar-refractivity contribution < 1.29 is 14.2 Å². The van der Waals surface area contributed by atoms with Crippen LogP contribution in [0.5, 0.6) is 0 Å². The lowest BCUT2D eigenvalue weighted by molar-refractivity contribution is -0.0821. The second kappa shape index (κ2) is 18.8. The van der Waals surface area contributed by atoms with Gasteiger partial charge < -0.3 is 24.8 Å². The number of morpholine rings is 1. The standard InChI is InChI=1S/C9H17N.C9H18O.C8H17NO.C7H14O.C6H11N.C2H6/c1-9(2,3)8-6-4-10-5-7(6)8;1-9(2,3)8-4-6-10-7-5-8;1-8(2,3)9-4-6-10-7-5-9;1-7(2,3)6-4-8-5-6;1-4-5-2-7-3-6(4)5;1-2/h6-8,10H,4-5H2,1-3H3;8H,4-7H2,1-3H3;4-7H2,1-3H3;6H,4-5H2,1-3H3;4-7H,2-3H2,1H3;1-2H3/t;;;;4?,5-,6+;. The van der Waals surface area contributed by atoms with Crippen LogP contribution in [0.3, 0.4) is 0 Å². The van der Waals surface area contributed by atoms with E-state index in [1.54, 1.807) is 0 Å². The lowest BCUT2D eigenvalue weighted by Crippen LogP contribution is -2.47.